The van der Waals surface area contributed by atoms with Crippen LogP contribution in [-0.2, 0) is 6.42 Å². The predicted octanol–water partition coefficient (Wildman–Crippen LogP) is 2.56. The van der Waals surface area contributed by atoms with Crippen molar-refractivity contribution in [3.8, 4) is 5.75 Å². The highest BCUT2D eigenvalue weighted by atomic mass is 16.6. The summed E-state index contributed by atoms with van der Waals surface area (Å²) in [4.78, 5) is 10.4. The SMILES string of the molecule is O=[N+]([O-])c1cccc(CCC(NCCO)c2ccc(O)cc2)c1. The van der Waals surface area contributed by atoms with Gasteiger partial charge in [0.2, 0.25) is 0 Å². The molecule has 1 atom stereocenters. The molecule has 2 rings (SSSR count). The van der Waals surface area contributed by atoms with Crippen LogP contribution in [0.2, 0.25) is 0 Å². The molecule has 0 saturated carbocycles. The lowest BCUT2D eigenvalue weighted by Gasteiger charge is -2.19. The van der Waals surface area contributed by atoms with Crippen molar-refractivity contribution in [1.29, 1.82) is 0 Å². The highest BCUT2D eigenvalue weighted by molar-refractivity contribution is 5.34. The molecule has 2 aromatic rings. The zero-order valence-electron chi connectivity index (χ0n) is 12.7. The Balaban J connectivity index is 2.07. The van der Waals surface area contributed by atoms with Crippen molar-refractivity contribution >= 4 is 5.69 Å². The summed E-state index contributed by atoms with van der Waals surface area (Å²) in [6.45, 7) is 0.492. The Bertz CT molecular complexity index is 643. The van der Waals surface area contributed by atoms with Gasteiger partial charge in [0.25, 0.3) is 5.69 Å². The Morgan fingerprint density at radius 1 is 1.17 bits per heavy atom. The highest BCUT2D eigenvalue weighted by Crippen LogP contribution is 2.22. The molecule has 0 aliphatic heterocycles. The molecule has 6 nitrogen and oxygen atoms in total. The molecule has 0 bridgehead atoms. The van der Waals surface area contributed by atoms with Crippen molar-refractivity contribution in [2.45, 2.75) is 18.9 Å². The van der Waals surface area contributed by atoms with Crippen molar-refractivity contribution in [2.24, 2.45) is 0 Å². The maximum Gasteiger partial charge on any atom is 0.269 e. The molecule has 0 fully saturated rings. The minimum Gasteiger partial charge on any atom is -0.508 e. The van der Waals surface area contributed by atoms with Crippen molar-refractivity contribution in [3.63, 3.8) is 0 Å². The second kappa shape index (κ2) is 8.26. The number of aromatic hydroxyl groups is 1. The molecular weight excluding hydrogens is 296 g/mol. The highest BCUT2D eigenvalue weighted by Gasteiger charge is 2.12. The number of phenolic OH excluding ortho intramolecular Hbond substituents is 1. The Morgan fingerprint density at radius 2 is 1.91 bits per heavy atom. The summed E-state index contributed by atoms with van der Waals surface area (Å²) in [6.07, 6.45) is 1.40. The van der Waals surface area contributed by atoms with Gasteiger partial charge in [0.15, 0.2) is 0 Å². The molecule has 0 aliphatic carbocycles. The lowest BCUT2D eigenvalue weighted by molar-refractivity contribution is -0.384. The lowest BCUT2D eigenvalue weighted by atomic mass is 9.98. The second-order valence-corrected chi connectivity index (χ2v) is 5.29. The van der Waals surface area contributed by atoms with Crippen LogP contribution in [0.15, 0.2) is 48.5 Å². The molecule has 0 heterocycles. The van der Waals surface area contributed by atoms with Gasteiger partial charge in [0.1, 0.15) is 5.75 Å². The van der Waals surface area contributed by atoms with E-state index in [2.05, 4.69) is 5.32 Å². The van der Waals surface area contributed by atoms with Gasteiger partial charge in [-0.25, -0.2) is 0 Å². The third kappa shape index (κ3) is 5.05. The van der Waals surface area contributed by atoms with Crippen LogP contribution in [-0.4, -0.2) is 28.3 Å². The quantitative estimate of drug-likeness (QED) is 0.514. The first kappa shape index (κ1) is 16.9. The molecular formula is C17H20N2O4. The van der Waals surface area contributed by atoms with Crippen LogP contribution in [0.5, 0.6) is 5.75 Å². The first-order valence-electron chi connectivity index (χ1n) is 7.46. The molecule has 0 amide bonds. The Kier molecular flexibility index (Phi) is 6.08. The van der Waals surface area contributed by atoms with Crippen LogP contribution in [0.4, 0.5) is 5.69 Å². The molecule has 0 aliphatic rings. The number of aliphatic hydroxyl groups is 1. The van der Waals surface area contributed by atoms with E-state index in [4.69, 9.17) is 5.11 Å². The summed E-state index contributed by atoms with van der Waals surface area (Å²) in [5.74, 6) is 0.202. The fraction of sp³-hybridized carbons (Fsp3) is 0.294. The molecule has 122 valence electrons. The third-order valence-electron chi connectivity index (χ3n) is 3.64. The number of hydrogen-bond donors (Lipinski definition) is 3. The van der Waals surface area contributed by atoms with Crippen LogP contribution in [0.3, 0.4) is 0 Å². The fourth-order valence-electron chi connectivity index (χ4n) is 2.47. The summed E-state index contributed by atoms with van der Waals surface area (Å²) in [5, 5.41) is 32.5. The van der Waals surface area contributed by atoms with E-state index in [1.165, 1.54) is 6.07 Å². The number of rotatable bonds is 8. The number of non-ortho nitro benzene ring substituents is 1. The zero-order valence-corrected chi connectivity index (χ0v) is 12.7. The van der Waals surface area contributed by atoms with Crippen molar-refractivity contribution in [3.05, 3.63) is 69.8 Å². The van der Waals surface area contributed by atoms with Crippen LogP contribution in [0.1, 0.15) is 23.6 Å². The molecule has 1 unspecified atom stereocenters. The fourth-order valence-corrected chi connectivity index (χ4v) is 2.47. The summed E-state index contributed by atoms with van der Waals surface area (Å²) in [5.41, 5.74) is 1.99. The van der Waals surface area contributed by atoms with Gasteiger partial charge in [-0.15, -0.1) is 0 Å². The van der Waals surface area contributed by atoms with E-state index in [1.807, 2.05) is 18.2 Å². The molecule has 2 aromatic carbocycles. The van der Waals surface area contributed by atoms with Crippen LogP contribution >= 0.6 is 0 Å². The second-order valence-electron chi connectivity index (χ2n) is 5.29. The normalized spacial score (nSPS) is 12.0. The van der Waals surface area contributed by atoms with Gasteiger partial charge in [-0.2, -0.15) is 0 Å². The average Bonchev–Trinajstić information content (AvgIpc) is 2.56. The third-order valence-corrected chi connectivity index (χ3v) is 3.64. The number of phenols is 1. The minimum absolute atomic E-state index is 0.00186. The van der Waals surface area contributed by atoms with Gasteiger partial charge in [0, 0.05) is 24.7 Å². The van der Waals surface area contributed by atoms with Crippen molar-refractivity contribution in [2.75, 3.05) is 13.2 Å². The van der Waals surface area contributed by atoms with E-state index >= 15 is 0 Å². The largest absolute Gasteiger partial charge is 0.508 e. The van der Waals surface area contributed by atoms with Gasteiger partial charge >= 0.3 is 0 Å². The molecule has 0 spiro atoms. The smallest absolute Gasteiger partial charge is 0.269 e. The zero-order chi connectivity index (χ0) is 16.7. The maximum atomic E-state index is 10.8. The van der Waals surface area contributed by atoms with E-state index in [0.29, 0.717) is 13.0 Å². The number of nitrogens with one attached hydrogen (secondary N) is 1. The van der Waals surface area contributed by atoms with E-state index in [1.54, 1.807) is 24.3 Å². The van der Waals surface area contributed by atoms with E-state index in [0.717, 1.165) is 17.5 Å². The Hall–Kier alpha value is -2.44. The van der Waals surface area contributed by atoms with Crippen molar-refractivity contribution < 1.29 is 15.1 Å². The summed E-state index contributed by atoms with van der Waals surface area (Å²) in [7, 11) is 0. The molecule has 0 radical (unpaired) electrons. The number of aliphatic hydroxyl groups excluding tert-OH is 1. The monoisotopic (exact) mass is 316 g/mol. The molecule has 0 saturated heterocycles. The Morgan fingerprint density at radius 3 is 2.57 bits per heavy atom. The van der Waals surface area contributed by atoms with Crippen molar-refractivity contribution in [1.82, 2.24) is 5.32 Å². The van der Waals surface area contributed by atoms with Crippen LogP contribution < -0.4 is 5.32 Å². The number of benzene rings is 2. The van der Waals surface area contributed by atoms with Gasteiger partial charge < -0.3 is 15.5 Å². The first-order valence-corrected chi connectivity index (χ1v) is 7.46. The maximum absolute atomic E-state index is 10.8. The van der Waals surface area contributed by atoms with Gasteiger partial charge in [-0.3, -0.25) is 10.1 Å². The van der Waals surface area contributed by atoms with E-state index in [-0.39, 0.29) is 24.1 Å². The van der Waals surface area contributed by atoms with Gasteiger partial charge in [-0.1, -0.05) is 24.3 Å². The summed E-state index contributed by atoms with van der Waals surface area (Å²) < 4.78 is 0. The van der Waals surface area contributed by atoms with Gasteiger partial charge in [-0.05, 0) is 36.1 Å². The molecule has 3 N–H and O–H groups in total. The van der Waals surface area contributed by atoms with Crippen LogP contribution in [0, 0.1) is 10.1 Å². The molecule has 0 aromatic heterocycles. The number of aryl methyl sites for hydroxylation is 1. The predicted molar refractivity (Wildman–Crippen MR) is 87.4 cm³/mol. The van der Waals surface area contributed by atoms with Crippen LogP contribution in [0.25, 0.3) is 0 Å². The number of nitro benzene ring substituents is 1. The Labute approximate surface area is 134 Å². The first-order chi connectivity index (χ1) is 11.1. The number of nitro groups is 1. The van der Waals surface area contributed by atoms with E-state index in [9.17, 15) is 15.2 Å². The lowest BCUT2D eigenvalue weighted by Crippen LogP contribution is -2.25. The van der Waals surface area contributed by atoms with Gasteiger partial charge in [0.05, 0.1) is 11.5 Å². The minimum atomic E-state index is -0.398. The molecule has 23 heavy (non-hydrogen) atoms. The molecule has 6 heteroatoms. The standard InChI is InChI=1S/C17H20N2O4/c20-11-10-18-17(14-5-7-16(21)8-6-14)9-4-13-2-1-3-15(12-13)19(22)23/h1-3,5-8,12,17-18,20-21H,4,9-11H2. The topological polar surface area (TPSA) is 95.6 Å². The van der Waals surface area contributed by atoms with E-state index < -0.39 is 4.92 Å². The summed E-state index contributed by atoms with van der Waals surface area (Å²) >= 11 is 0. The number of hydrogen-bond acceptors (Lipinski definition) is 5. The summed E-state index contributed by atoms with van der Waals surface area (Å²) in [6, 6.07) is 13.5. The number of nitrogens with zero attached hydrogens (tertiary/aromatic N) is 1. The average molecular weight is 316 g/mol.